The Bertz CT molecular complexity index is 4250. The minimum absolute atomic E-state index is 0.527. The minimum Gasteiger partial charge on any atom is -0.310 e. The molecule has 0 aliphatic heterocycles. The summed E-state index contributed by atoms with van der Waals surface area (Å²) < 4.78 is 0. The van der Waals surface area contributed by atoms with Gasteiger partial charge < -0.3 is 4.90 Å². The molecule has 0 radical (unpaired) electrons. The van der Waals surface area contributed by atoms with Crippen LogP contribution in [0.5, 0.6) is 0 Å². The second-order valence-corrected chi connectivity index (χ2v) is 19.5. The number of fused-ring (bicyclic) bond motifs is 17. The van der Waals surface area contributed by atoms with Crippen molar-refractivity contribution in [1.29, 1.82) is 0 Å². The van der Waals surface area contributed by atoms with Crippen molar-refractivity contribution in [1.82, 2.24) is 0 Å². The number of hydrogen-bond acceptors (Lipinski definition) is 1. The predicted octanol–water partition coefficient (Wildman–Crippen LogP) is 19.1. The number of nitrogens with zero attached hydrogens (tertiary/aromatic N) is 1. The molecule has 0 fully saturated rings. The standard InChI is InChI=1S/C71H45N/c1-2-18-46(19-3-1)49-22-16-23-50(42-49)63-44-65-62-31-12-15-35-68(62)71(66-33-13-10-29-60(66)61-30-11-14-34-67(61)71)69(65)45-70(63)72(51-38-36-48(37-39-51)54-32-17-21-47-20-4-5-24-53(47)54)52-40-41-59-57-27-7-6-25-55(57)56-26-8-9-28-58(56)64(59)43-52/h1-45H. The molecule has 0 atom stereocenters. The van der Waals surface area contributed by atoms with E-state index in [1.165, 1.54) is 115 Å². The van der Waals surface area contributed by atoms with Gasteiger partial charge in [0.15, 0.2) is 0 Å². The molecule has 0 bridgehead atoms. The Kier molecular flexibility index (Phi) is 8.94. The lowest BCUT2D eigenvalue weighted by Gasteiger charge is -2.33. The van der Waals surface area contributed by atoms with Crippen molar-refractivity contribution >= 4 is 60.2 Å². The maximum absolute atomic E-state index is 2.57. The van der Waals surface area contributed by atoms with E-state index in [9.17, 15) is 0 Å². The molecular weight excluding hydrogens is 867 g/mol. The first kappa shape index (κ1) is 40.6. The quantitative estimate of drug-likeness (QED) is 0.150. The van der Waals surface area contributed by atoms with Gasteiger partial charge in [0.25, 0.3) is 0 Å². The molecule has 334 valence electrons. The van der Waals surface area contributed by atoms with Crippen LogP contribution in [-0.4, -0.2) is 0 Å². The number of anilines is 3. The zero-order chi connectivity index (χ0) is 47.3. The highest BCUT2D eigenvalue weighted by Crippen LogP contribution is 2.64. The van der Waals surface area contributed by atoms with Crippen LogP contribution in [0.15, 0.2) is 273 Å². The van der Waals surface area contributed by atoms with Gasteiger partial charge in [0.2, 0.25) is 0 Å². The van der Waals surface area contributed by atoms with Gasteiger partial charge in [-0.2, -0.15) is 0 Å². The van der Waals surface area contributed by atoms with Crippen molar-refractivity contribution in [2.75, 3.05) is 4.90 Å². The first-order valence-electron chi connectivity index (χ1n) is 25.1. The SMILES string of the molecule is c1ccc(-c2cccc(-c3cc4c(cc3N(c3ccc(-c5cccc6ccccc56)cc3)c3ccc5c6ccccc6c6ccccc6c5c3)C3(c5ccccc5-c5ccccc53)c3ccccc3-4)c2)cc1. The molecule has 0 saturated heterocycles. The summed E-state index contributed by atoms with van der Waals surface area (Å²) in [4.78, 5) is 2.55. The summed E-state index contributed by atoms with van der Waals surface area (Å²) in [5.74, 6) is 0. The third kappa shape index (κ3) is 5.89. The smallest absolute Gasteiger partial charge is 0.0726 e. The second-order valence-electron chi connectivity index (χ2n) is 19.5. The molecule has 0 N–H and O–H groups in total. The fourth-order valence-corrected chi connectivity index (χ4v) is 12.8. The van der Waals surface area contributed by atoms with Gasteiger partial charge in [0, 0.05) is 16.9 Å². The van der Waals surface area contributed by atoms with Gasteiger partial charge >= 0.3 is 0 Å². The Morgan fingerprint density at radius 3 is 1.36 bits per heavy atom. The van der Waals surface area contributed by atoms with Gasteiger partial charge in [-0.15, -0.1) is 0 Å². The molecular formula is C71H45N. The zero-order valence-electron chi connectivity index (χ0n) is 39.4. The average Bonchev–Trinajstić information content (AvgIpc) is 3.93. The topological polar surface area (TPSA) is 3.24 Å². The molecule has 72 heavy (non-hydrogen) atoms. The molecule has 15 rings (SSSR count). The van der Waals surface area contributed by atoms with Crippen LogP contribution in [0, 0.1) is 0 Å². The molecule has 0 heterocycles. The van der Waals surface area contributed by atoms with Crippen molar-refractivity contribution in [2.24, 2.45) is 0 Å². The Hall–Kier alpha value is -9.30. The average molecular weight is 912 g/mol. The lowest BCUT2D eigenvalue weighted by atomic mass is 9.70. The first-order valence-corrected chi connectivity index (χ1v) is 25.1. The summed E-state index contributed by atoms with van der Waals surface area (Å²) in [6.45, 7) is 0. The zero-order valence-corrected chi connectivity index (χ0v) is 39.4. The number of hydrogen-bond donors (Lipinski definition) is 0. The van der Waals surface area contributed by atoms with Crippen molar-refractivity contribution < 1.29 is 0 Å². The van der Waals surface area contributed by atoms with Gasteiger partial charge in [0.05, 0.1) is 11.1 Å². The van der Waals surface area contributed by atoms with Crippen LogP contribution in [0.1, 0.15) is 22.3 Å². The summed E-state index contributed by atoms with van der Waals surface area (Å²) in [5.41, 5.74) is 20.3. The lowest BCUT2D eigenvalue weighted by molar-refractivity contribution is 0.794. The predicted molar refractivity (Wildman–Crippen MR) is 304 cm³/mol. The largest absolute Gasteiger partial charge is 0.310 e. The van der Waals surface area contributed by atoms with Crippen LogP contribution in [0.4, 0.5) is 17.1 Å². The van der Waals surface area contributed by atoms with E-state index in [1.807, 2.05) is 0 Å². The monoisotopic (exact) mass is 911 g/mol. The molecule has 1 spiro atoms. The van der Waals surface area contributed by atoms with Crippen molar-refractivity contribution in [3.05, 3.63) is 295 Å². The number of rotatable bonds is 6. The Balaban J connectivity index is 1.05. The maximum atomic E-state index is 2.57. The van der Waals surface area contributed by atoms with E-state index in [0.717, 1.165) is 22.6 Å². The van der Waals surface area contributed by atoms with Gasteiger partial charge in [-0.25, -0.2) is 0 Å². The molecule has 0 unspecified atom stereocenters. The van der Waals surface area contributed by atoms with Gasteiger partial charge in [-0.05, 0) is 158 Å². The summed E-state index contributed by atoms with van der Waals surface area (Å²) in [7, 11) is 0. The van der Waals surface area contributed by atoms with Crippen LogP contribution in [0.25, 0.3) is 98.7 Å². The van der Waals surface area contributed by atoms with Crippen LogP contribution >= 0.6 is 0 Å². The fraction of sp³-hybridized carbons (Fsp3) is 0.0141. The molecule has 2 aliphatic carbocycles. The van der Waals surface area contributed by atoms with E-state index in [4.69, 9.17) is 0 Å². The highest BCUT2D eigenvalue weighted by atomic mass is 15.1. The minimum atomic E-state index is -0.527. The highest BCUT2D eigenvalue weighted by molar-refractivity contribution is 6.26. The van der Waals surface area contributed by atoms with Crippen molar-refractivity contribution in [3.8, 4) is 55.6 Å². The molecule has 0 amide bonds. The van der Waals surface area contributed by atoms with Crippen LogP contribution < -0.4 is 4.90 Å². The molecule has 1 nitrogen and oxygen atoms in total. The fourth-order valence-electron chi connectivity index (χ4n) is 12.8. The third-order valence-corrected chi connectivity index (χ3v) is 15.8. The Labute approximate surface area is 419 Å². The normalized spacial score (nSPS) is 12.8. The molecule has 0 aromatic heterocycles. The van der Waals surface area contributed by atoms with E-state index < -0.39 is 5.41 Å². The molecule has 13 aromatic carbocycles. The second kappa shape index (κ2) is 15.9. The first-order chi connectivity index (χ1) is 35.7. The summed E-state index contributed by atoms with van der Waals surface area (Å²) >= 11 is 0. The van der Waals surface area contributed by atoms with E-state index in [-0.39, 0.29) is 0 Å². The summed E-state index contributed by atoms with van der Waals surface area (Å²) in [5, 5.41) is 10.0. The number of benzene rings is 13. The Morgan fingerprint density at radius 1 is 0.222 bits per heavy atom. The van der Waals surface area contributed by atoms with Gasteiger partial charge in [-0.3, -0.25) is 0 Å². The Morgan fingerprint density at radius 2 is 0.694 bits per heavy atom. The third-order valence-electron chi connectivity index (χ3n) is 15.8. The van der Waals surface area contributed by atoms with Crippen LogP contribution in [-0.2, 0) is 5.41 Å². The maximum Gasteiger partial charge on any atom is 0.0726 e. The molecule has 1 heteroatoms. The van der Waals surface area contributed by atoms with Crippen LogP contribution in [0.3, 0.4) is 0 Å². The lowest BCUT2D eigenvalue weighted by Crippen LogP contribution is -2.26. The van der Waals surface area contributed by atoms with E-state index in [2.05, 4.69) is 278 Å². The van der Waals surface area contributed by atoms with Crippen molar-refractivity contribution in [2.45, 2.75) is 5.41 Å². The van der Waals surface area contributed by atoms with Crippen molar-refractivity contribution in [3.63, 3.8) is 0 Å². The summed E-state index contributed by atoms with van der Waals surface area (Å²) in [6.07, 6.45) is 0. The highest BCUT2D eigenvalue weighted by Gasteiger charge is 2.52. The van der Waals surface area contributed by atoms with Crippen LogP contribution in [0.2, 0.25) is 0 Å². The van der Waals surface area contributed by atoms with E-state index >= 15 is 0 Å². The molecule has 2 aliphatic rings. The van der Waals surface area contributed by atoms with E-state index in [0.29, 0.717) is 0 Å². The van der Waals surface area contributed by atoms with E-state index in [1.54, 1.807) is 0 Å². The molecule has 13 aromatic rings. The molecule has 0 saturated carbocycles. The van der Waals surface area contributed by atoms with Gasteiger partial charge in [-0.1, -0.05) is 231 Å². The van der Waals surface area contributed by atoms with Gasteiger partial charge in [0.1, 0.15) is 0 Å². The summed E-state index contributed by atoms with van der Waals surface area (Å²) in [6, 6.07) is 102.